The maximum absolute atomic E-state index is 12.8. The molecule has 0 spiro atoms. The second-order valence-corrected chi connectivity index (χ2v) is 22.0. The van der Waals surface area contributed by atoms with Gasteiger partial charge < -0.3 is 27.9 Å². The molecule has 2 unspecified atom stereocenters. The molecule has 0 amide bonds. The quantitative estimate of drug-likeness (QED) is 0.0195. The molecule has 0 rings (SSSR count). The van der Waals surface area contributed by atoms with E-state index in [1.54, 1.807) is 0 Å². The largest absolute Gasteiger partial charge is 0.756 e. The van der Waals surface area contributed by atoms with E-state index in [9.17, 15) is 19.0 Å². The predicted molar refractivity (Wildman–Crippen MR) is 341 cm³/mol. The van der Waals surface area contributed by atoms with Crippen LogP contribution >= 0.6 is 7.82 Å². The average molecular weight is 1120 g/mol. The fourth-order valence-electron chi connectivity index (χ4n) is 7.30. The molecule has 0 fully saturated rings. The molecule has 0 aliphatic carbocycles. The van der Waals surface area contributed by atoms with Gasteiger partial charge in [0.2, 0.25) is 0 Å². The molecule has 0 aliphatic rings. The summed E-state index contributed by atoms with van der Waals surface area (Å²) in [5.74, 6) is -0.906. The first-order valence-corrected chi connectivity index (χ1v) is 32.0. The Morgan fingerprint density at radius 2 is 0.675 bits per heavy atom. The number of phosphoric acid groups is 1. The van der Waals surface area contributed by atoms with Crippen molar-refractivity contribution >= 4 is 19.8 Å². The topological polar surface area (TPSA) is 111 Å². The number of carbonyl (C=O) groups is 2. The van der Waals surface area contributed by atoms with Gasteiger partial charge in [-0.05, 0) is 135 Å². The van der Waals surface area contributed by atoms with Crippen LogP contribution in [0, 0.1) is 0 Å². The lowest BCUT2D eigenvalue weighted by Crippen LogP contribution is -2.37. The van der Waals surface area contributed by atoms with Crippen molar-refractivity contribution < 1.29 is 42.1 Å². The molecule has 0 bridgehead atoms. The molecule has 0 saturated heterocycles. The first kappa shape index (κ1) is 75.1. The van der Waals surface area contributed by atoms with Gasteiger partial charge in [-0.1, -0.05) is 228 Å². The zero-order chi connectivity index (χ0) is 58.4. The van der Waals surface area contributed by atoms with Crippen LogP contribution in [0.3, 0.4) is 0 Å². The van der Waals surface area contributed by atoms with Crippen LogP contribution in [-0.4, -0.2) is 70.0 Å². The summed E-state index contributed by atoms with van der Waals surface area (Å²) < 4.78 is 34.1. The summed E-state index contributed by atoms with van der Waals surface area (Å²) >= 11 is 0. The van der Waals surface area contributed by atoms with Gasteiger partial charge in [0, 0.05) is 12.8 Å². The highest BCUT2D eigenvalue weighted by molar-refractivity contribution is 7.45. The van der Waals surface area contributed by atoms with E-state index in [2.05, 4.69) is 196 Å². The number of phosphoric ester groups is 1. The molecule has 448 valence electrons. The van der Waals surface area contributed by atoms with Crippen LogP contribution in [0.1, 0.15) is 194 Å². The highest BCUT2D eigenvalue weighted by Gasteiger charge is 2.21. The minimum absolute atomic E-state index is 0.0513. The molecule has 9 nitrogen and oxygen atoms in total. The van der Waals surface area contributed by atoms with Crippen molar-refractivity contribution in [2.45, 2.75) is 200 Å². The van der Waals surface area contributed by atoms with Crippen LogP contribution in [-0.2, 0) is 32.7 Å². The van der Waals surface area contributed by atoms with E-state index in [-0.39, 0.29) is 26.1 Å². The summed E-state index contributed by atoms with van der Waals surface area (Å²) in [6, 6.07) is 0. The van der Waals surface area contributed by atoms with Gasteiger partial charge in [0.05, 0.1) is 27.7 Å². The summed E-state index contributed by atoms with van der Waals surface area (Å²) in [6.07, 6.45) is 90.9. The molecule has 0 radical (unpaired) electrons. The number of hydrogen-bond donors (Lipinski definition) is 0. The van der Waals surface area contributed by atoms with E-state index in [0.717, 1.165) is 154 Å². The van der Waals surface area contributed by atoms with Gasteiger partial charge in [0.15, 0.2) is 6.10 Å². The fourth-order valence-corrected chi connectivity index (χ4v) is 8.03. The summed E-state index contributed by atoms with van der Waals surface area (Å²) in [7, 11) is 1.10. The van der Waals surface area contributed by atoms with Crippen LogP contribution < -0.4 is 4.89 Å². The molecular formula is C70H110NO8P. The molecule has 0 aromatic rings. The van der Waals surface area contributed by atoms with Gasteiger partial charge in [-0.2, -0.15) is 0 Å². The molecule has 0 N–H and O–H groups in total. The van der Waals surface area contributed by atoms with Gasteiger partial charge in [-0.15, -0.1) is 0 Å². The Balaban J connectivity index is 4.28. The lowest BCUT2D eigenvalue weighted by Gasteiger charge is -2.28. The number of quaternary nitrogens is 1. The van der Waals surface area contributed by atoms with Crippen molar-refractivity contribution in [3.63, 3.8) is 0 Å². The molecule has 2 atom stereocenters. The van der Waals surface area contributed by atoms with E-state index in [1.165, 1.54) is 0 Å². The molecular weight excluding hydrogens is 1010 g/mol. The normalized spacial score (nSPS) is 14.5. The average Bonchev–Trinajstić information content (AvgIpc) is 3.42. The Kier molecular flexibility index (Phi) is 55.2. The molecule has 0 aliphatic heterocycles. The van der Waals surface area contributed by atoms with Crippen molar-refractivity contribution in [1.82, 2.24) is 0 Å². The Morgan fingerprint density at radius 3 is 1.01 bits per heavy atom. The molecule has 0 aromatic carbocycles. The number of nitrogens with zero attached hydrogens (tertiary/aromatic N) is 1. The van der Waals surface area contributed by atoms with Crippen molar-refractivity contribution in [1.29, 1.82) is 0 Å². The smallest absolute Gasteiger partial charge is 0.306 e. The molecule has 0 heterocycles. The van der Waals surface area contributed by atoms with Crippen LogP contribution in [0.25, 0.3) is 0 Å². The second kappa shape index (κ2) is 58.8. The number of carbonyl (C=O) groups excluding carboxylic acids is 2. The molecule has 10 heteroatoms. The Bertz CT molecular complexity index is 2000. The monoisotopic (exact) mass is 1120 g/mol. The number of hydrogen-bond acceptors (Lipinski definition) is 8. The van der Waals surface area contributed by atoms with E-state index < -0.39 is 32.5 Å². The molecule has 0 aromatic heterocycles. The van der Waals surface area contributed by atoms with Crippen molar-refractivity contribution in [2.75, 3.05) is 47.5 Å². The highest BCUT2D eigenvalue weighted by atomic mass is 31.2. The second-order valence-electron chi connectivity index (χ2n) is 20.6. The highest BCUT2D eigenvalue weighted by Crippen LogP contribution is 2.38. The zero-order valence-corrected chi connectivity index (χ0v) is 51.6. The maximum Gasteiger partial charge on any atom is 0.306 e. The predicted octanol–water partition coefficient (Wildman–Crippen LogP) is 19.0. The van der Waals surface area contributed by atoms with Gasteiger partial charge in [0.1, 0.15) is 19.8 Å². The van der Waals surface area contributed by atoms with Gasteiger partial charge in [-0.3, -0.25) is 14.2 Å². The maximum atomic E-state index is 12.8. The number of unbranched alkanes of at least 4 members (excludes halogenated alkanes) is 9. The summed E-state index contributed by atoms with van der Waals surface area (Å²) in [5.41, 5.74) is 0. The third kappa shape index (κ3) is 62.3. The zero-order valence-electron chi connectivity index (χ0n) is 50.7. The number of allylic oxidation sites excluding steroid dienone is 30. The fraction of sp³-hybridized carbons (Fsp3) is 0.543. The summed E-state index contributed by atoms with van der Waals surface area (Å²) in [6.45, 7) is 3.92. The third-order valence-electron chi connectivity index (χ3n) is 11.9. The van der Waals surface area contributed by atoms with Gasteiger partial charge >= 0.3 is 11.9 Å². The minimum Gasteiger partial charge on any atom is -0.756 e. The summed E-state index contributed by atoms with van der Waals surface area (Å²) in [5, 5.41) is 0. The summed E-state index contributed by atoms with van der Waals surface area (Å²) in [4.78, 5) is 37.9. The Labute approximate surface area is 489 Å². The number of esters is 2. The molecule has 0 saturated carbocycles. The first-order valence-electron chi connectivity index (χ1n) is 30.5. The first-order chi connectivity index (χ1) is 39.0. The number of rotatable bonds is 53. The van der Waals surface area contributed by atoms with E-state index in [1.807, 2.05) is 21.1 Å². The van der Waals surface area contributed by atoms with E-state index >= 15 is 0 Å². The standard InChI is InChI=1S/C70H110NO8P/c1-6-8-10-12-14-16-18-20-22-24-26-27-28-29-30-31-32-33-34-35-36-37-38-39-40-41-42-43-45-47-49-51-53-55-57-59-61-63-70(73)79-68(67-78-80(74,75)77-65-64-71(3,4)5)66-76-69(72)62-60-58-56-54-52-50-48-46-44-25-23-21-19-17-15-13-11-9-7-2/h8-11,14-17,20-23,26-27,29-30,32-33,35-36,38-39,41-42,44-47,51,53,68H,6-7,12-13,18-19,24-25,28,31,34,37,40,43,48-50,52,54-67H2,1-5H3/b10-8-,11-9-,16-14-,17-15-,22-20-,23-21-,27-26-,30-29-,33-32-,36-35-,39-38-,42-41-,46-44-,47-45-,53-51-. The van der Waals surface area contributed by atoms with Crippen LogP contribution in [0.2, 0.25) is 0 Å². The lowest BCUT2D eigenvalue weighted by atomic mass is 10.1. The lowest BCUT2D eigenvalue weighted by molar-refractivity contribution is -0.870. The Hall–Kier alpha value is -4.89. The SMILES string of the molecule is CC/C=C\C/C=C\C/C=C\C/C=C\C/C=C\C/C=C\C/C=C\C/C=C\C/C=C\C/C=C\C/C=C\CCCCCC(=O)OC(COC(=O)CCCCCCCC/C=C\C/C=C\C/C=C\C/C=C\CC)COP(=O)([O-])OCC[N+](C)(C)C. The van der Waals surface area contributed by atoms with Crippen LogP contribution in [0.5, 0.6) is 0 Å². The van der Waals surface area contributed by atoms with Crippen molar-refractivity contribution in [3.8, 4) is 0 Å². The van der Waals surface area contributed by atoms with E-state index in [4.69, 9.17) is 18.5 Å². The van der Waals surface area contributed by atoms with E-state index in [0.29, 0.717) is 23.9 Å². The van der Waals surface area contributed by atoms with Gasteiger partial charge in [0.25, 0.3) is 7.82 Å². The number of likely N-dealkylation sites (N-methyl/N-ethyl adjacent to an activating group) is 1. The molecule has 80 heavy (non-hydrogen) atoms. The van der Waals surface area contributed by atoms with Gasteiger partial charge in [-0.25, -0.2) is 0 Å². The van der Waals surface area contributed by atoms with Crippen LogP contribution in [0.4, 0.5) is 0 Å². The van der Waals surface area contributed by atoms with Crippen molar-refractivity contribution in [2.24, 2.45) is 0 Å². The number of ether oxygens (including phenoxy) is 2. The third-order valence-corrected chi connectivity index (χ3v) is 12.9. The minimum atomic E-state index is -4.66. The van der Waals surface area contributed by atoms with Crippen LogP contribution in [0.15, 0.2) is 182 Å². The Morgan fingerprint density at radius 1 is 0.388 bits per heavy atom. The van der Waals surface area contributed by atoms with Crippen molar-refractivity contribution in [3.05, 3.63) is 182 Å².